The van der Waals surface area contributed by atoms with Crippen molar-refractivity contribution in [3.8, 4) is 0 Å². The fourth-order valence-electron chi connectivity index (χ4n) is 4.09. The lowest BCUT2D eigenvalue weighted by Crippen LogP contribution is -2.32. The fourth-order valence-corrected chi connectivity index (χ4v) is 4.09. The lowest BCUT2D eigenvalue weighted by Gasteiger charge is -2.22. The molecule has 0 radical (unpaired) electrons. The second kappa shape index (κ2) is 24.0. The van der Waals surface area contributed by atoms with Gasteiger partial charge in [0.05, 0.1) is 0 Å². The topological polar surface area (TPSA) is 52.7 Å². The molecule has 0 aromatic carbocycles. The first-order chi connectivity index (χ1) is 16.0. The summed E-state index contributed by atoms with van der Waals surface area (Å²) in [7, 11) is 1.87. The van der Waals surface area contributed by atoms with Crippen LogP contribution in [0.4, 0.5) is 0 Å². The van der Waals surface area contributed by atoms with Crippen LogP contribution in [-0.2, 0) is 9.59 Å². The van der Waals surface area contributed by atoms with Crippen LogP contribution < -0.4 is 5.32 Å². The van der Waals surface area contributed by atoms with E-state index in [0.29, 0.717) is 19.4 Å². The summed E-state index contributed by atoms with van der Waals surface area (Å²) in [6.07, 6.45) is 19.6. The summed E-state index contributed by atoms with van der Waals surface area (Å²) < 4.78 is 0. The van der Waals surface area contributed by atoms with Gasteiger partial charge in [0.15, 0.2) is 0 Å². The normalized spacial score (nSPS) is 11.2. The van der Waals surface area contributed by atoms with Crippen molar-refractivity contribution >= 4 is 11.8 Å². The van der Waals surface area contributed by atoms with Gasteiger partial charge in [-0.1, -0.05) is 91.4 Å². The number of nitrogens with zero attached hydrogens (tertiary/aromatic N) is 2. The first kappa shape index (κ1) is 31.9. The van der Waals surface area contributed by atoms with Gasteiger partial charge < -0.3 is 15.1 Å². The molecule has 0 rings (SSSR count). The Morgan fingerprint density at radius 1 is 0.576 bits per heavy atom. The van der Waals surface area contributed by atoms with Gasteiger partial charge in [-0.3, -0.25) is 9.59 Å². The van der Waals surface area contributed by atoms with Crippen molar-refractivity contribution in [3.63, 3.8) is 0 Å². The maximum atomic E-state index is 12.3. The van der Waals surface area contributed by atoms with E-state index in [-0.39, 0.29) is 11.8 Å². The smallest absolute Gasteiger partial charge is 0.222 e. The van der Waals surface area contributed by atoms with E-state index >= 15 is 0 Å². The van der Waals surface area contributed by atoms with Crippen molar-refractivity contribution < 1.29 is 9.59 Å². The second-order valence-electron chi connectivity index (χ2n) is 9.75. The molecule has 0 saturated heterocycles. The van der Waals surface area contributed by atoms with Crippen molar-refractivity contribution in [2.75, 3.05) is 39.8 Å². The molecule has 0 atom stereocenters. The summed E-state index contributed by atoms with van der Waals surface area (Å²) >= 11 is 0. The van der Waals surface area contributed by atoms with Crippen LogP contribution in [0.5, 0.6) is 0 Å². The number of hydrogen-bond donors (Lipinski definition) is 1. The molecule has 0 aliphatic heterocycles. The van der Waals surface area contributed by atoms with E-state index in [9.17, 15) is 9.59 Å². The molecule has 0 saturated carbocycles. The van der Waals surface area contributed by atoms with Gasteiger partial charge in [-0.2, -0.15) is 0 Å². The molecule has 1 N–H and O–H groups in total. The van der Waals surface area contributed by atoms with Gasteiger partial charge in [-0.25, -0.2) is 0 Å². The Bertz CT molecular complexity index is 448. The van der Waals surface area contributed by atoms with Crippen LogP contribution in [0.15, 0.2) is 0 Å². The van der Waals surface area contributed by atoms with Gasteiger partial charge in [0.2, 0.25) is 11.8 Å². The number of amides is 2. The van der Waals surface area contributed by atoms with Crippen LogP contribution in [0, 0.1) is 0 Å². The van der Waals surface area contributed by atoms with Gasteiger partial charge in [-0.15, -0.1) is 0 Å². The van der Waals surface area contributed by atoms with Crippen molar-refractivity contribution in [3.05, 3.63) is 0 Å². The van der Waals surface area contributed by atoms with Gasteiger partial charge in [-0.05, 0) is 45.3 Å². The molecule has 0 heterocycles. The molecule has 0 aromatic rings. The minimum absolute atomic E-state index is 0.00403. The lowest BCUT2D eigenvalue weighted by molar-refractivity contribution is -0.132. The molecule has 5 heteroatoms. The Balaban J connectivity index is 3.72. The summed E-state index contributed by atoms with van der Waals surface area (Å²) in [5.74, 6) is 0.0933. The monoisotopic (exact) mass is 467 g/mol. The van der Waals surface area contributed by atoms with Crippen LogP contribution in [0.2, 0.25) is 0 Å². The lowest BCUT2D eigenvalue weighted by atomic mass is 10.1. The average molecular weight is 468 g/mol. The van der Waals surface area contributed by atoms with Gasteiger partial charge in [0.1, 0.15) is 0 Å². The van der Waals surface area contributed by atoms with Crippen LogP contribution in [0.1, 0.15) is 130 Å². The molecule has 0 fully saturated rings. The molecular weight excluding hydrogens is 410 g/mol. The van der Waals surface area contributed by atoms with Crippen molar-refractivity contribution in [1.29, 1.82) is 0 Å². The molecule has 0 unspecified atom stereocenters. The zero-order chi connectivity index (χ0) is 24.6. The van der Waals surface area contributed by atoms with E-state index in [2.05, 4.69) is 31.0 Å². The highest BCUT2D eigenvalue weighted by Crippen LogP contribution is 2.11. The number of nitrogens with one attached hydrogen (secondary N) is 1. The Kier molecular flexibility index (Phi) is 23.2. The highest BCUT2D eigenvalue weighted by atomic mass is 16.2. The maximum absolute atomic E-state index is 12.3. The van der Waals surface area contributed by atoms with E-state index in [4.69, 9.17) is 0 Å². The summed E-state index contributed by atoms with van der Waals surface area (Å²) in [5, 5.41) is 3.00. The first-order valence-corrected chi connectivity index (χ1v) is 14.3. The third-order valence-electron chi connectivity index (χ3n) is 6.47. The van der Waals surface area contributed by atoms with Gasteiger partial charge in [0.25, 0.3) is 0 Å². The predicted octanol–water partition coefficient (Wildman–Crippen LogP) is 6.55. The summed E-state index contributed by atoms with van der Waals surface area (Å²) in [6, 6.07) is 0. The summed E-state index contributed by atoms with van der Waals surface area (Å²) in [6.45, 7) is 11.6. The summed E-state index contributed by atoms with van der Waals surface area (Å²) in [5.41, 5.74) is 0. The molecule has 0 bridgehead atoms. The van der Waals surface area contributed by atoms with Crippen molar-refractivity contribution in [2.45, 2.75) is 130 Å². The summed E-state index contributed by atoms with van der Waals surface area (Å²) in [4.78, 5) is 28.7. The van der Waals surface area contributed by atoms with Crippen molar-refractivity contribution in [1.82, 2.24) is 15.1 Å². The molecule has 33 heavy (non-hydrogen) atoms. The number of hydrogen-bond acceptors (Lipinski definition) is 3. The standard InChI is InChI=1S/C28H57N3O2/c1-5-8-11-12-13-14-15-16-17-18-23-30(4)28(33)21-20-27(32)29-22-19-26-31(24-9-6-2)25-10-7-3/h5-26H2,1-4H3,(H,29,32). The van der Waals surface area contributed by atoms with Crippen LogP contribution in [0.25, 0.3) is 0 Å². The maximum Gasteiger partial charge on any atom is 0.222 e. The molecule has 0 aromatic heterocycles. The van der Waals surface area contributed by atoms with Gasteiger partial charge in [0, 0.05) is 33.0 Å². The molecule has 196 valence electrons. The second-order valence-corrected chi connectivity index (χ2v) is 9.75. The SMILES string of the molecule is CCCCCCCCCCCCN(C)C(=O)CCC(=O)NCCCN(CCCC)CCCC. The quantitative estimate of drug-likeness (QED) is 0.164. The van der Waals surface area contributed by atoms with Gasteiger partial charge >= 0.3 is 0 Å². The van der Waals surface area contributed by atoms with E-state index in [1.165, 1.54) is 83.5 Å². The minimum Gasteiger partial charge on any atom is -0.356 e. The Labute approximate surface area is 206 Å². The van der Waals surface area contributed by atoms with Crippen LogP contribution in [-0.4, -0.2) is 61.4 Å². The van der Waals surface area contributed by atoms with Crippen LogP contribution >= 0.6 is 0 Å². The van der Waals surface area contributed by atoms with E-state index in [1.807, 2.05) is 7.05 Å². The Hall–Kier alpha value is -1.10. The molecular formula is C28H57N3O2. The Morgan fingerprint density at radius 3 is 1.61 bits per heavy atom. The van der Waals surface area contributed by atoms with E-state index in [1.54, 1.807) is 4.90 Å². The number of carbonyl (C=O) groups is 2. The minimum atomic E-state index is 0.00403. The largest absolute Gasteiger partial charge is 0.356 e. The Morgan fingerprint density at radius 2 is 1.06 bits per heavy atom. The molecule has 0 aliphatic carbocycles. The zero-order valence-electron chi connectivity index (χ0n) is 22.8. The van der Waals surface area contributed by atoms with E-state index < -0.39 is 0 Å². The third kappa shape index (κ3) is 21.2. The first-order valence-electron chi connectivity index (χ1n) is 14.3. The fraction of sp³-hybridized carbons (Fsp3) is 0.929. The highest BCUT2D eigenvalue weighted by molar-refractivity contribution is 5.83. The zero-order valence-corrected chi connectivity index (χ0v) is 22.8. The number of rotatable bonds is 24. The average Bonchev–Trinajstić information content (AvgIpc) is 2.82. The number of unbranched alkanes of at least 4 members (excludes halogenated alkanes) is 11. The van der Waals surface area contributed by atoms with Crippen LogP contribution in [0.3, 0.4) is 0 Å². The third-order valence-corrected chi connectivity index (χ3v) is 6.47. The molecule has 2 amide bonds. The predicted molar refractivity (Wildman–Crippen MR) is 143 cm³/mol. The van der Waals surface area contributed by atoms with Crippen molar-refractivity contribution in [2.24, 2.45) is 0 Å². The highest BCUT2D eigenvalue weighted by Gasteiger charge is 2.11. The van der Waals surface area contributed by atoms with E-state index in [0.717, 1.165) is 39.0 Å². The number of carbonyl (C=O) groups excluding carboxylic acids is 2. The molecule has 5 nitrogen and oxygen atoms in total. The molecule has 0 spiro atoms. The molecule has 0 aliphatic rings.